The number of quaternary nitrogens is 2. The molecule has 17 heavy (non-hydrogen) atoms. The molecule has 110 valence electrons. The van der Waals surface area contributed by atoms with Gasteiger partial charge in [0, 0.05) is 0 Å². The molecule has 0 fully saturated rings. The summed E-state index contributed by atoms with van der Waals surface area (Å²) in [6.07, 6.45) is 0. The van der Waals surface area contributed by atoms with Gasteiger partial charge in [-0.3, -0.25) is 9.11 Å². The first-order valence-corrected chi connectivity index (χ1v) is 6.26. The van der Waals surface area contributed by atoms with Crippen molar-refractivity contribution in [2.45, 2.75) is 0 Å². The first kappa shape index (κ1) is 25.4. The smallest absolute Gasteiger partial charge is 0.394 e. The van der Waals surface area contributed by atoms with E-state index in [2.05, 4.69) is 8.67 Å². The van der Waals surface area contributed by atoms with Crippen LogP contribution >= 0.6 is 0 Å². The van der Waals surface area contributed by atoms with Crippen LogP contribution in [0.15, 0.2) is 0 Å². The van der Waals surface area contributed by atoms with Gasteiger partial charge in [0.05, 0.1) is 0 Å². The lowest BCUT2D eigenvalue weighted by Gasteiger charge is -2.07. The third-order valence-electron chi connectivity index (χ3n) is 0.194. The van der Waals surface area contributed by atoms with E-state index in [-0.39, 0.29) is 12.3 Å². The largest absolute Gasteiger partial charge is 0.724 e. The summed E-state index contributed by atoms with van der Waals surface area (Å²) >= 11 is 0. The van der Waals surface area contributed by atoms with Crippen LogP contribution in [0, 0.1) is 0 Å². The summed E-state index contributed by atoms with van der Waals surface area (Å²) in [4.78, 5) is 0. The summed E-state index contributed by atoms with van der Waals surface area (Å²) in [5.74, 6) is 0. The van der Waals surface area contributed by atoms with Gasteiger partial charge in [-0.2, -0.15) is 8.42 Å². The monoisotopic (exact) mass is 326 g/mol. The molecule has 0 heterocycles. The van der Waals surface area contributed by atoms with E-state index in [4.69, 9.17) is 17.5 Å². The van der Waals surface area contributed by atoms with Crippen molar-refractivity contribution >= 4 is 31.2 Å². The van der Waals surface area contributed by atoms with Gasteiger partial charge in [0.25, 0.3) is 0 Å². The lowest BCUT2D eigenvalue weighted by atomic mass is 14.0. The Morgan fingerprint density at radius 1 is 0.706 bits per heavy atom. The number of rotatable bonds is 3. The topological polar surface area (TPSA) is 280 Å². The van der Waals surface area contributed by atoms with E-state index in [1.54, 1.807) is 0 Å². The first-order valence-electron chi connectivity index (χ1n) is 2.20. The highest BCUT2D eigenvalue weighted by Gasteiger charge is 1.99. The zero-order valence-corrected chi connectivity index (χ0v) is 10.7. The first-order chi connectivity index (χ1) is 6.21. The van der Waals surface area contributed by atoms with Crippen LogP contribution in [-0.4, -0.2) is 43.5 Å². The maximum atomic E-state index is 9.37. The van der Waals surface area contributed by atoms with Crippen molar-refractivity contribution in [2.24, 2.45) is 0 Å². The predicted molar refractivity (Wildman–Crippen MR) is 47.7 cm³/mol. The van der Waals surface area contributed by atoms with Crippen molar-refractivity contribution in [3.05, 3.63) is 0 Å². The third-order valence-corrected chi connectivity index (χ3v) is 0.750. The molecule has 0 atom stereocenters. The second kappa shape index (κ2) is 8.60. The Labute approximate surface area is 96.1 Å². The number of hydrogen-bond donors (Lipinski definition) is 4. The van der Waals surface area contributed by atoms with Gasteiger partial charge in [0.1, 0.15) is 0 Å². The second-order valence-electron chi connectivity index (χ2n) is 1.40. The van der Waals surface area contributed by atoms with Gasteiger partial charge in [-0.15, -0.1) is 8.67 Å². The summed E-state index contributed by atoms with van der Waals surface area (Å²) < 4.78 is 93.0. The van der Waals surface area contributed by atoms with E-state index in [0.717, 1.165) is 0 Å². The Balaban J connectivity index is -0.000000105. The molecule has 0 aromatic rings. The molecule has 0 aliphatic heterocycles. The van der Waals surface area contributed by atoms with Gasteiger partial charge in [-0.25, -0.2) is 16.8 Å². The molecule has 0 aliphatic rings. The minimum absolute atomic E-state index is 0. The van der Waals surface area contributed by atoms with Gasteiger partial charge in [-0.05, 0) is 0 Å². The normalized spacial score (nSPS) is 11.3. The van der Waals surface area contributed by atoms with Gasteiger partial charge < -0.3 is 21.4 Å². The van der Waals surface area contributed by atoms with E-state index >= 15 is 0 Å². The van der Waals surface area contributed by atoms with Gasteiger partial charge in [0.15, 0.2) is 0 Å². The fraction of sp³-hybridized carbons (Fsp3) is 0. The summed E-state index contributed by atoms with van der Waals surface area (Å²) in [7, 11) is -15.3. The summed E-state index contributed by atoms with van der Waals surface area (Å²) in [5.41, 5.74) is 0. The molecule has 0 saturated carbocycles. The van der Waals surface area contributed by atoms with Crippen LogP contribution in [0.3, 0.4) is 0 Å². The van der Waals surface area contributed by atoms with Crippen LogP contribution in [0.25, 0.3) is 0 Å². The molecule has 10 N–H and O–H groups in total. The van der Waals surface area contributed by atoms with Crippen molar-refractivity contribution in [1.82, 2.24) is 12.3 Å². The maximum Gasteiger partial charge on any atom is 0.394 e. The Morgan fingerprint density at radius 2 is 0.824 bits per heavy atom. The zero-order valence-electron chi connectivity index (χ0n) is 8.20. The standard InChI is InChI=1S/2H3N.H2O8S2.H2O4S/c;;1-9(2,3)7-8-10(4,5)6;1-5(2,3)4/h2*1H3;(H,1,2,3)(H,4,5,6);(H2,1,2,3,4). The van der Waals surface area contributed by atoms with Crippen molar-refractivity contribution in [3.63, 3.8) is 0 Å². The van der Waals surface area contributed by atoms with E-state index in [0.29, 0.717) is 0 Å². The molecule has 0 saturated heterocycles. The van der Waals surface area contributed by atoms with Crippen LogP contribution in [-0.2, 0) is 39.9 Å². The molecule has 17 heteroatoms. The molecule has 0 bridgehead atoms. The average Bonchev–Trinajstić information content (AvgIpc) is 1.76. The molecule has 0 aromatic heterocycles. The Bertz CT molecular complexity index is 424. The van der Waals surface area contributed by atoms with Crippen LogP contribution in [0.2, 0.25) is 0 Å². The quantitative estimate of drug-likeness (QED) is 0.188. The maximum absolute atomic E-state index is 9.37. The van der Waals surface area contributed by atoms with Crippen LogP contribution in [0.1, 0.15) is 0 Å². The van der Waals surface area contributed by atoms with Gasteiger partial charge in [0.2, 0.25) is 20.8 Å². The SMILES string of the molecule is O=S(=O)(O)O.O=S(=O)([O-])OOS(=O)(=O)[O-].[NH4+].[NH4+]. The highest BCUT2D eigenvalue weighted by Crippen LogP contribution is 1.92. The molecular formula is H10N2O12S3. The number of hydrogen-bond acceptors (Lipinski definition) is 10. The Morgan fingerprint density at radius 3 is 0.882 bits per heavy atom. The van der Waals surface area contributed by atoms with Gasteiger partial charge >= 0.3 is 10.4 Å². The van der Waals surface area contributed by atoms with Crippen molar-refractivity contribution in [1.29, 1.82) is 0 Å². The minimum atomic E-state index is -5.31. The molecule has 0 unspecified atom stereocenters. The van der Waals surface area contributed by atoms with E-state index in [9.17, 15) is 25.9 Å². The molecule has 0 aliphatic carbocycles. The lowest BCUT2D eigenvalue weighted by Crippen LogP contribution is -2.10. The molecule has 0 aromatic carbocycles. The molecule has 0 amide bonds. The third kappa shape index (κ3) is 66.7. The van der Waals surface area contributed by atoms with Crippen LogP contribution < -0.4 is 12.3 Å². The lowest BCUT2D eigenvalue weighted by molar-refractivity contribution is -0.107. The van der Waals surface area contributed by atoms with Crippen molar-refractivity contribution < 1.29 is 52.1 Å². The van der Waals surface area contributed by atoms with Crippen molar-refractivity contribution in [3.8, 4) is 0 Å². The average molecular weight is 326 g/mol. The Kier molecular flexibility index (Phi) is 12.8. The van der Waals surface area contributed by atoms with Crippen molar-refractivity contribution in [2.75, 3.05) is 0 Å². The summed E-state index contributed by atoms with van der Waals surface area (Å²) in [6.45, 7) is 0. The van der Waals surface area contributed by atoms with E-state index in [1.807, 2.05) is 0 Å². The predicted octanol–water partition coefficient (Wildman–Crippen LogP) is -2.05. The summed E-state index contributed by atoms with van der Waals surface area (Å²) in [6, 6.07) is 0. The van der Waals surface area contributed by atoms with Crippen LogP contribution in [0.5, 0.6) is 0 Å². The molecule has 14 nitrogen and oxygen atoms in total. The second-order valence-corrected chi connectivity index (χ2v) is 4.20. The minimum Gasteiger partial charge on any atom is -0.724 e. The molecular weight excluding hydrogens is 316 g/mol. The van der Waals surface area contributed by atoms with Crippen LogP contribution in [0.4, 0.5) is 0 Å². The van der Waals surface area contributed by atoms with E-state index < -0.39 is 31.2 Å². The van der Waals surface area contributed by atoms with Gasteiger partial charge in [-0.1, -0.05) is 0 Å². The molecule has 0 spiro atoms. The zero-order chi connectivity index (χ0) is 12.9. The fourth-order valence-corrected chi connectivity index (χ4v) is 0.612. The fourth-order valence-electron chi connectivity index (χ4n) is 0.0680. The Hall–Kier alpha value is -0.470. The summed E-state index contributed by atoms with van der Waals surface area (Å²) in [5, 5.41) is 0. The molecule has 0 radical (unpaired) electrons. The highest BCUT2D eigenvalue weighted by molar-refractivity contribution is 7.83. The molecule has 0 rings (SSSR count). The highest BCUT2D eigenvalue weighted by atomic mass is 32.3. The van der Waals surface area contributed by atoms with E-state index in [1.165, 1.54) is 0 Å².